The van der Waals surface area contributed by atoms with Crippen molar-refractivity contribution in [2.24, 2.45) is 0 Å². The molecule has 0 aliphatic heterocycles. The maximum absolute atomic E-state index is 9.98. The molecule has 0 saturated carbocycles. The molecule has 0 rings (SSSR count). The van der Waals surface area contributed by atoms with Crippen molar-refractivity contribution < 1.29 is 82.1 Å². The predicted octanol–water partition coefficient (Wildman–Crippen LogP) is -7.50. The summed E-state index contributed by atoms with van der Waals surface area (Å²) in [6.07, 6.45) is -8.08. The van der Waals surface area contributed by atoms with Crippen molar-refractivity contribution in [3.63, 3.8) is 0 Å². The van der Waals surface area contributed by atoms with Crippen LogP contribution in [-0.2, 0) is 21.9 Å². The van der Waals surface area contributed by atoms with Crippen LogP contribution in [-0.4, -0.2) is 62.5 Å². The van der Waals surface area contributed by atoms with E-state index < -0.39 is 37.0 Å². The summed E-state index contributed by atoms with van der Waals surface area (Å²) < 4.78 is 0. The first kappa shape index (κ1) is 30.6. The number of hydrogen-bond acceptors (Lipinski definition) is 9. The Bertz CT molecular complexity index is 190. The van der Waals surface area contributed by atoms with E-state index in [0.717, 1.165) is 0 Å². The van der Waals surface area contributed by atoms with Crippen molar-refractivity contribution in [2.75, 3.05) is 6.61 Å². The zero-order chi connectivity index (χ0) is 10.6. The minimum absolute atomic E-state index is 0. The van der Waals surface area contributed by atoms with Gasteiger partial charge in [-0.15, -0.1) is 0 Å². The average molecular weight is 308 g/mol. The summed E-state index contributed by atoms with van der Waals surface area (Å²) in [4.78, 5) is 9.98. The summed E-state index contributed by atoms with van der Waals surface area (Å²) >= 11 is 0. The molecule has 17 heavy (non-hydrogen) atoms. The van der Waals surface area contributed by atoms with Crippen LogP contribution in [0.15, 0.2) is 0 Å². The first-order valence-electron chi connectivity index (χ1n) is 3.45. The molecule has 0 aromatic rings. The van der Waals surface area contributed by atoms with Gasteiger partial charge in [0.1, 0.15) is 24.4 Å². The van der Waals surface area contributed by atoms with Gasteiger partial charge in [0.2, 0.25) is 0 Å². The number of rotatable bonds is 5. The van der Waals surface area contributed by atoms with Crippen molar-refractivity contribution in [1.82, 2.24) is 12.3 Å². The van der Waals surface area contributed by atoms with Gasteiger partial charge in [0.05, 0.1) is 12.6 Å². The molecule has 0 aromatic carbocycles. The Labute approximate surface area is 131 Å². The summed E-state index contributed by atoms with van der Waals surface area (Å²) in [5.41, 5.74) is 0. The molecular formula is C6H17FeN2NaO7+3. The second-order valence-electron chi connectivity index (χ2n) is 2.49. The van der Waals surface area contributed by atoms with E-state index in [2.05, 4.69) is 0 Å². The van der Waals surface area contributed by atoms with Crippen LogP contribution in [0.2, 0.25) is 0 Å². The quantitative estimate of drug-likeness (QED) is 0.240. The van der Waals surface area contributed by atoms with Crippen LogP contribution in [0.3, 0.4) is 0 Å². The van der Waals surface area contributed by atoms with E-state index in [1.54, 1.807) is 0 Å². The molecule has 0 aliphatic carbocycles. The smallest absolute Gasteiger partial charge is 0.547 e. The van der Waals surface area contributed by atoms with Gasteiger partial charge in [0, 0.05) is 0 Å². The number of carboxylic acids is 1. The van der Waals surface area contributed by atoms with Crippen LogP contribution in [0.1, 0.15) is 0 Å². The largest absolute Gasteiger partial charge is 3.00 e. The van der Waals surface area contributed by atoms with Gasteiger partial charge >= 0.3 is 46.6 Å². The molecule has 0 aliphatic rings. The van der Waals surface area contributed by atoms with Gasteiger partial charge in [0.15, 0.2) is 0 Å². The topological polar surface area (TPSA) is 211 Å². The van der Waals surface area contributed by atoms with Gasteiger partial charge in [-0.25, -0.2) is 0 Å². The third-order valence-corrected chi connectivity index (χ3v) is 1.50. The molecule has 0 aromatic heterocycles. The van der Waals surface area contributed by atoms with Crippen molar-refractivity contribution in [3.05, 3.63) is 0 Å². The zero-order valence-corrected chi connectivity index (χ0v) is 12.4. The number of hydrogen-bond donors (Lipinski definition) is 7. The van der Waals surface area contributed by atoms with E-state index in [1.165, 1.54) is 0 Å². The van der Waals surface area contributed by atoms with E-state index in [-0.39, 0.29) is 58.9 Å². The van der Waals surface area contributed by atoms with Crippen molar-refractivity contribution in [3.8, 4) is 0 Å². The Morgan fingerprint density at radius 3 is 1.65 bits per heavy atom. The molecule has 0 amide bonds. The van der Waals surface area contributed by atoms with E-state index in [4.69, 9.17) is 25.5 Å². The summed E-state index contributed by atoms with van der Waals surface area (Å²) in [5.74, 6) is -1.98. The molecule has 0 bridgehead atoms. The number of aliphatic hydroxyl groups excluding tert-OH is 5. The molecule has 9 nitrogen and oxygen atoms in total. The number of aliphatic hydroxyl groups is 5. The molecule has 11 N–H and O–H groups in total. The van der Waals surface area contributed by atoms with Gasteiger partial charge in [-0.2, -0.15) is 0 Å². The standard InChI is InChI=1S/C6H12O7.Fe.2H3N.Na/c7-1-2(8)3(9)4(10)5(11)6(12)13;;;;/h2-5,7-11H,1H2,(H,12,13);;2*1H3;/q;+3;;;+1/p-1/t2-,3-,4?,5?;;;;/m1..../s1. The first-order valence-corrected chi connectivity index (χ1v) is 3.45. The van der Waals surface area contributed by atoms with Gasteiger partial charge in [-0.3, -0.25) is 0 Å². The zero-order valence-electron chi connectivity index (χ0n) is 9.34. The molecule has 0 fully saturated rings. The van der Waals surface area contributed by atoms with Crippen LogP contribution < -0.4 is 47.0 Å². The Morgan fingerprint density at radius 2 is 1.41 bits per heavy atom. The number of carboxylic acid groups (broad SMARTS) is 1. The van der Waals surface area contributed by atoms with E-state index in [9.17, 15) is 9.90 Å². The predicted molar refractivity (Wildman–Crippen MR) is 46.2 cm³/mol. The molecular weight excluding hydrogens is 291 g/mol. The maximum atomic E-state index is 9.98. The maximum Gasteiger partial charge on any atom is 3.00 e. The van der Waals surface area contributed by atoms with E-state index >= 15 is 0 Å². The Morgan fingerprint density at radius 1 is 1.06 bits per heavy atom. The monoisotopic (exact) mass is 308 g/mol. The van der Waals surface area contributed by atoms with Gasteiger partial charge in [-0.1, -0.05) is 0 Å². The SMILES string of the molecule is N.N.O=C([O-])C(O)C(O)[C@H](O)[C@H](O)CO.[Fe+3].[Na+]. The average Bonchev–Trinajstić information content (AvgIpc) is 2.12. The summed E-state index contributed by atoms with van der Waals surface area (Å²) in [6.45, 7) is -0.863. The molecule has 4 atom stereocenters. The number of aliphatic carboxylic acids is 1. The van der Waals surface area contributed by atoms with Gasteiger partial charge in [-0.05, 0) is 0 Å². The van der Waals surface area contributed by atoms with Crippen molar-refractivity contribution in [2.45, 2.75) is 24.4 Å². The van der Waals surface area contributed by atoms with Crippen LogP contribution in [0.25, 0.3) is 0 Å². The molecule has 0 spiro atoms. The fraction of sp³-hybridized carbons (Fsp3) is 0.833. The van der Waals surface area contributed by atoms with Crippen LogP contribution in [0.4, 0.5) is 0 Å². The van der Waals surface area contributed by atoms with Crippen LogP contribution in [0.5, 0.6) is 0 Å². The Kier molecular flexibility index (Phi) is 26.6. The minimum Gasteiger partial charge on any atom is -0.547 e. The minimum atomic E-state index is -2.31. The van der Waals surface area contributed by atoms with Crippen LogP contribution >= 0.6 is 0 Å². The second-order valence-corrected chi connectivity index (χ2v) is 2.49. The molecule has 0 heterocycles. The summed E-state index contributed by atoms with van der Waals surface area (Å²) in [6, 6.07) is 0. The normalized spacial score (nSPS) is 15.6. The van der Waals surface area contributed by atoms with Crippen molar-refractivity contribution >= 4 is 5.97 Å². The third-order valence-electron chi connectivity index (χ3n) is 1.50. The van der Waals surface area contributed by atoms with Crippen molar-refractivity contribution in [1.29, 1.82) is 0 Å². The molecule has 2 unspecified atom stereocenters. The molecule has 1 radical (unpaired) electrons. The molecule has 11 heteroatoms. The molecule has 0 saturated heterocycles. The van der Waals surface area contributed by atoms with Gasteiger partial charge < -0.3 is 47.7 Å². The fourth-order valence-electron chi connectivity index (χ4n) is 0.662. The molecule has 99 valence electrons. The number of carbonyl (C=O) groups is 1. The fourth-order valence-corrected chi connectivity index (χ4v) is 0.662. The first-order chi connectivity index (χ1) is 5.91. The number of carbonyl (C=O) groups excluding carboxylic acids is 1. The summed E-state index contributed by atoms with van der Waals surface area (Å²) in [7, 11) is 0. The van der Waals surface area contributed by atoms with E-state index in [0.29, 0.717) is 0 Å². The van der Waals surface area contributed by atoms with Crippen LogP contribution in [0, 0.1) is 0 Å². The third kappa shape index (κ3) is 10.3. The van der Waals surface area contributed by atoms with E-state index in [1.807, 2.05) is 0 Å². The second kappa shape index (κ2) is 14.8. The Balaban J connectivity index is -0.000000120. The Hall–Kier alpha value is 0.709. The summed E-state index contributed by atoms with van der Waals surface area (Å²) in [5, 5.41) is 53.4. The van der Waals surface area contributed by atoms with Gasteiger partial charge in [0.25, 0.3) is 0 Å².